The fourth-order valence-electron chi connectivity index (χ4n) is 2.01. The van der Waals surface area contributed by atoms with Crippen molar-refractivity contribution in [2.45, 2.75) is 25.8 Å². The fraction of sp³-hybridized carbons (Fsp3) is 0.500. The van der Waals surface area contributed by atoms with Crippen molar-refractivity contribution in [1.29, 1.82) is 0 Å². The molecule has 4 heteroatoms. The molecular weight excluding hydrogens is 228 g/mol. The molecule has 1 unspecified atom stereocenters. The van der Waals surface area contributed by atoms with Crippen LogP contribution in [0.15, 0.2) is 24.3 Å². The predicted octanol–water partition coefficient (Wildman–Crippen LogP) is 1.57. The van der Waals surface area contributed by atoms with Gasteiger partial charge in [-0.1, -0.05) is 19.1 Å². The second-order valence-electron chi connectivity index (χ2n) is 4.53. The van der Waals surface area contributed by atoms with Crippen LogP contribution in [0.4, 0.5) is 5.69 Å². The van der Waals surface area contributed by atoms with Crippen molar-refractivity contribution in [1.82, 2.24) is 5.32 Å². The first-order valence-corrected chi connectivity index (χ1v) is 6.48. The van der Waals surface area contributed by atoms with Crippen LogP contribution in [0, 0.1) is 0 Å². The summed E-state index contributed by atoms with van der Waals surface area (Å²) in [5.41, 5.74) is 2.13. The molecule has 1 saturated heterocycles. The molecule has 0 spiro atoms. The van der Waals surface area contributed by atoms with Gasteiger partial charge in [0.25, 0.3) is 0 Å². The number of hydrogen-bond donors (Lipinski definition) is 2. The summed E-state index contributed by atoms with van der Waals surface area (Å²) in [4.78, 5) is 11.8. The molecule has 1 aliphatic rings. The number of aryl methyl sites for hydroxylation is 1. The minimum Gasteiger partial charge on any atom is -0.378 e. The Bertz CT molecular complexity index is 383. The molecular formula is C14H20N2O2. The Balaban J connectivity index is 1.82. The Hall–Kier alpha value is -1.39. The average molecular weight is 248 g/mol. The predicted molar refractivity (Wildman–Crippen MR) is 71.7 cm³/mol. The van der Waals surface area contributed by atoms with E-state index in [1.165, 1.54) is 5.56 Å². The van der Waals surface area contributed by atoms with E-state index in [4.69, 9.17) is 4.74 Å². The second-order valence-corrected chi connectivity index (χ2v) is 4.53. The summed E-state index contributed by atoms with van der Waals surface area (Å²) in [6.45, 7) is 4.28. The van der Waals surface area contributed by atoms with Crippen molar-refractivity contribution >= 4 is 11.6 Å². The van der Waals surface area contributed by atoms with E-state index < -0.39 is 0 Å². The van der Waals surface area contributed by atoms with Crippen molar-refractivity contribution in [2.24, 2.45) is 0 Å². The summed E-state index contributed by atoms with van der Waals surface area (Å²) in [6, 6.07) is 8.10. The molecule has 0 radical (unpaired) electrons. The van der Waals surface area contributed by atoms with Gasteiger partial charge in [-0.2, -0.15) is 0 Å². The Morgan fingerprint density at radius 1 is 1.44 bits per heavy atom. The number of benzene rings is 1. The highest BCUT2D eigenvalue weighted by molar-refractivity contribution is 5.91. The number of carbonyl (C=O) groups excluding carboxylic acids is 1. The largest absolute Gasteiger partial charge is 0.378 e. The topological polar surface area (TPSA) is 50.4 Å². The lowest BCUT2D eigenvalue weighted by Crippen LogP contribution is -2.43. The molecule has 0 bridgehead atoms. The van der Waals surface area contributed by atoms with Crippen molar-refractivity contribution < 1.29 is 9.53 Å². The first kappa shape index (κ1) is 13.1. The van der Waals surface area contributed by atoms with Gasteiger partial charge in [-0.3, -0.25) is 4.79 Å². The number of ether oxygens (including phenoxy) is 1. The molecule has 2 rings (SSSR count). The number of morpholine rings is 1. The highest BCUT2D eigenvalue weighted by Gasteiger charge is 2.16. The molecule has 1 aromatic rings. The standard InChI is InChI=1S/C14H20N2O2/c1-2-11-3-5-12(6-4-11)16-14(17)9-13-10-18-8-7-15-13/h3-6,13,15H,2,7-10H2,1H3,(H,16,17). The quantitative estimate of drug-likeness (QED) is 0.850. The van der Waals surface area contributed by atoms with Gasteiger partial charge in [0.1, 0.15) is 0 Å². The van der Waals surface area contributed by atoms with Crippen molar-refractivity contribution in [3.63, 3.8) is 0 Å². The number of carbonyl (C=O) groups is 1. The maximum Gasteiger partial charge on any atom is 0.226 e. The molecule has 1 atom stereocenters. The van der Waals surface area contributed by atoms with Crippen LogP contribution in [0.5, 0.6) is 0 Å². The van der Waals surface area contributed by atoms with E-state index in [0.717, 1.165) is 25.3 Å². The van der Waals surface area contributed by atoms with Crippen LogP contribution in [-0.4, -0.2) is 31.7 Å². The van der Waals surface area contributed by atoms with E-state index in [-0.39, 0.29) is 11.9 Å². The molecule has 1 amide bonds. The van der Waals surface area contributed by atoms with Crippen LogP contribution in [0.1, 0.15) is 18.9 Å². The third-order valence-electron chi connectivity index (χ3n) is 3.08. The molecule has 0 aliphatic carbocycles. The van der Waals surface area contributed by atoms with Gasteiger partial charge in [0, 0.05) is 24.7 Å². The Kier molecular flexibility index (Phi) is 4.73. The van der Waals surface area contributed by atoms with Gasteiger partial charge >= 0.3 is 0 Å². The van der Waals surface area contributed by atoms with Gasteiger partial charge in [-0.05, 0) is 24.1 Å². The maximum atomic E-state index is 11.8. The first-order valence-electron chi connectivity index (χ1n) is 6.48. The second kappa shape index (κ2) is 6.52. The maximum absolute atomic E-state index is 11.8. The van der Waals surface area contributed by atoms with Gasteiger partial charge in [0.05, 0.1) is 13.2 Å². The highest BCUT2D eigenvalue weighted by Crippen LogP contribution is 2.11. The molecule has 2 N–H and O–H groups in total. The zero-order chi connectivity index (χ0) is 12.8. The Labute approximate surface area is 108 Å². The van der Waals surface area contributed by atoms with Gasteiger partial charge < -0.3 is 15.4 Å². The van der Waals surface area contributed by atoms with Crippen molar-refractivity contribution in [3.8, 4) is 0 Å². The smallest absolute Gasteiger partial charge is 0.226 e. The van der Waals surface area contributed by atoms with Crippen LogP contribution in [0.25, 0.3) is 0 Å². The zero-order valence-electron chi connectivity index (χ0n) is 10.7. The Morgan fingerprint density at radius 3 is 2.83 bits per heavy atom. The summed E-state index contributed by atoms with van der Waals surface area (Å²) < 4.78 is 5.32. The van der Waals surface area contributed by atoms with Crippen molar-refractivity contribution in [2.75, 3.05) is 25.1 Å². The van der Waals surface area contributed by atoms with Crippen LogP contribution in [0.2, 0.25) is 0 Å². The van der Waals surface area contributed by atoms with E-state index >= 15 is 0 Å². The van der Waals surface area contributed by atoms with Crippen LogP contribution >= 0.6 is 0 Å². The first-order chi connectivity index (χ1) is 8.78. The number of nitrogens with one attached hydrogen (secondary N) is 2. The summed E-state index contributed by atoms with van der Waals surface area (Å²) in [5, 5.41) is 6.17. The molecule has 98 valence electrons. The zero-order valence-corrected chi connectivity index (χ0v) is 10.7. The number of amides is 1. The van der Waals surface area contributed by atoms with Gasteiger partial charge in [0.15, 0.2) is 0 Å². The SMILES string of the molecule is CCc1ccc(NC(=O)CC2COCCN2)cc1. The summed E-state index contributed by atoms with van der Waals surface area (Å²) in [6.07, 6.45) is 1.47. The number of hydrogen-bond acceptors (Lipinski definition) is 3. The molecule has 1 fully saturated rings. The van der Waals surface area contributed by atoms with Crippen LogP contribution in [0.3, 0.4) is 0 Å². The van der Waals surface area contributed by atoms with Gasteiger partial charge in [-0.15, -0.1) is 0 Å². The van der Waals surface area contributed by atoms with E-state index in [1.54, 1.807) is 0 Å². The third kappa shape index (κ3) is 3.82. The van der Waals surface area contributed by atoms with Gasteiger partial charge in [-0.25, -0.2) is 0 Å². The number of anilines is 1. The van der Waals surface area contributed by atoms with E-state index in [9.17, 15) is 4.79 Å². The lowest BCUT2D eigenvalue weighted by molar-refractivity contribution is -0.117. The molecule has 1 heterocycles. The van der Waals surface area contributed by atoms with E-state index in [2.05, 4.69) is 17.6 Å². The minimum absolute atomic E-state index is 0.0299. The lowest BCUT2D eigenvalue weighted by Gasteiger charge is -2.23. The summed E-state index contributed by atoms with van der Waals surface area (Å²) in [7, 11) is 0. The summed E-state index contributed by atoms with van der Waals surface area (Å²) >= 11 is 0. The normalized spacial score (nSPS) is 19.5. The molecule has 1 aliphatic heterocycles. The highest BCUT2D eigenvalue weighted by atomic mass is 16.5. The molecule has 0 aromatic heterocycles. The van der Waals surface area contributed by atoms with Crippen LogP contribution in [-0.2, 0) is 16.0 Å². The molecule has 0 saturated carbocycles. The van der Waals surface area contributed by atoms with Crippen molar-refractivity contribution in [3.05, 3.63) is 29.8 Å². The lowest BCUT2D eigenvalue weighted by atomic mass is 10.1. The Morgan fingerprint density at radius 2 is 2.22 bits per heavy atom. The minimum atomic E-state index is 0.0299. The van der Waals surface area contributed by atoms with E-state index in [1.807, 2.05) is 24.3 Å². The fourth-order valence-corrected chi connectivity index (χ4v) is 2.01. The number of rotatable bonds is 4. The van der Waals surface area contributed by atoms with E-state index in [0.29, 0.717) is 13.0 Å². The summed E-state index contributed by atoms with van der Waals surface area (Å²) in [5.74, 6) is 0.0299. The van der Waals surface area contributed by atoms with Crippen LogP contribution < -0.4 is 10.6 Å². The monoisotopic (exact) mass is 248 g/mol. The molecule has 18 heavy (non-hydrogen) atoms. The van der Waals surface area contributed by atoms with Gasteiger partial charge in [0.2, 0.25) is 5.91 Å². The molecule has 4 nitrogen and oxygen atoms in total. The third-order valence-corrected chi connectivity index (χ3v) is 3.08. The molecule has 1 aromatic carbocycles. The average Bonchev–Trinajstić information content (AvgIpc) is 2.40.